The van der Waals surface area contributed by atoms with E-state index in [0.29, 0.717) is 31.2 Å². The van der Waals surface area contributed by atoms with Crippen molar-refractivity contribution in [3.63, 3.8) is 0 Å². The van der Waals surface area contributed by atoms with Gasteiger partial charge >= 0.3 is 0 Å². The predicted octanol–water partition coefficient (Wildman–Crippen LogP) is 0.0500. The van der Waals surface area contributed by atoms with Crippen molar-refractivity contribution in [2.75, 3.05) is 18.0 Å². The van der Waals surface area contributed by atoms with Crippen molar-refractivity contribution in [1.82, 2.24) is 9.97 Å². The molecule has 0 spiro atoms. The number of amides is 1. The van der Waals surface area contributed by atoms with Gasteiger partial charge in [-0.1, -0.05) is 0 Å². The summed E-state index contributed by atoms with van der Waals surface area (Å²) in [7, 11) is 0. The summed E-state index contributed by atoms with van der Waals surface area (Å²) in [5, 5.41) is 8.76. The Morgan fingerprint density at radius 2 is 2.47 bits per heavy atom. The van der Waals surface area contributed by atoms with Crippen LogP contribution in [0, 0.1) is 16.7 Å². The van der Waals surface area contributed by atoms with Gasteiger partial charge in [0.1, 0.15) is 11.8 Å². The highest BCUT2D eigenvalue weighted by Crippen LogP contribution is 2.31. The quantitative estimate of drug-likeness (QED) is 0.775. The minimum atomic E-state index is -0.536. The summed E-state index contributed by atoms with van der Waals surface area (Å²) in [5.41, 5.74) is 5.16. The van der Waals surface area contributed by atoms with Gasteiger partial charge in [0, 0.05) is 19.3 Å². The predicted molar refractivity (Wildman–Crippen MR) is 60.9 cm³/mol. The molecule has 88 valence electrons. The summed E-state index contributed by atoms with van der Waals surface area (Å²) in [6, 6.07) is 3.51. The molecule has 0 radical (unpaired) electrons. The van der Waals surface area contributed by atoms with Gasteiger partial charge in [0.2, 0.25) is 11.9 Å². The second kappa shape index (κ2) is 4.01. The van der Waals surface area contributed by atoms with E-state index in [0.717, 1.165) is 0 Å². The number of primary amides is 1. The molecular weight excluding hydrogens is 218 g/mol. The summed E-state index contributed by atoms with van der Waals surface area (Å²) in [5.74, 6) is 0.172. The molecule has 0 saturated carbocycles. The number of hydrogen-bond acceptors (Lipinski definition) is 5. The lowest BCUT2D eigenvalue weighted by Gasteiger charge is -2.20. The highest BCUT2D eigenvalue weighted by atomic mass is 16.1. The fraction of sp³-hybridized carbons (Fsp3) is 0.455. The normalized spacial score (nSPS) is 23.4. The molecule has 1 aliphatic heterocycles. The van der Waals surface area contributed by atoms with E-state index in [9.17, 15) is 4.79 Å². The maximum absolute atomic E-state index is 11.3. The molecule has 1 unspecified atom stereocenters. The second-order valence-corrected chi connectivity index (χ2v) is 4.45. The first-order valence-corrected chi connectivity index (χ1v) is 5.33. The van der Waals surface area contributed by atoms with Crippen LogP contribution in [0.25, 0.3) is 0 Å². The van der Waals surface area contributed by atoms with Gasteiger partial charge in [-0.05, 0) is 19.4 Å². The standard InChI is InChI=1S/C11H13N5O/c1-11(9(13)17)3-5-16(7-11)10-14-4-2-8(6-12)15-10/h2,4H,3,5,7H2,1H3,(H2,13,17). The second-order valence-electron chi connectivity index (χ2n) is 4.45. The Morgan fingerprint density at radius 1 is 1.71 bits per heavy atom. The van der Waals surface area contributed by atoms with E-state index in [1.807, 2.05) is 17.9 Å². The monoisotopic (exact) mass is 231 g/mol. The first kappa shape index (κ1) is 11.3. The van der Waals surface area contributed by atoms with Gasteiger partial charge < -0.3 is 10.6 Å². The third-order valence-electron chi connectivity index (χ3n) is 3.11. The van der Waals surface area contributed by atoms with E-state index in [1.54, 1.807) is 12.3 Å². The Balaban J connectivity index is 2.21. The van der Waals surface area contributed by atoms with Crippen molar-refractivity contribution < 1.29 is 4.79 Å². The fourth-order valence-electron chi connectivity index (χ4n) is 1.90. The zero-order valence-corrected chi connectivity index (χ0v) is 9.55. The topological polar surface area (TPSA) is 95.9 Å². The van der Waals surface area contributed by atoms with Crippen LogP contribution in [0.3, 0.4) is 0 Å². The molecule has 1 atom stereocenters. The molecule has 1 aromatic rings. The molecular formula is C11H13N5O. The molecule has 6 nitrogen and oxygen atoms in total. The third-order valence-corrected chi connectivity index (χ3v) is 3.11. The Labute approximate surface area is 99.1 Å². The van der Waals surface area contributed by atoms with E-state index in [1.165, 1.54) is 0 Å². The average Bonchev–Trinajstić information content (AvgIpc) is 2.74. The molecule has 1 saturated heterocycles. The van der Waals surface area contributed by atoms with E-state index >= 15 is 0 Å². The van der Waals surface area contributed by atoms with Crippen LogP contribution in [0.4, 0.5) is 5.95 Å². The number of carbonyl (C=O) groups is 1. The number of anilines is 1. The first-order valence-electron chi connectivity index (χ1n) is 5.33. The Morgan fingerprint density at radius 3 is 3.06 bits per heavy atom. The van der Waals surface area contributed by atoms with Crippen molar-refractivity contribution in [2.45, 2.75) is 13.3 Å². The van der Waals surface area contributed by atoms with Crippen molar-refractivity contribution in [2.24, 2.45) is 11.1 Å². The number of hydrogen-bond donors (Lipinski definition) is 1. The molecule has 2 rings (SSSR count). The number of aromatic nitrogens is 2. The van der Waals surface area contributed by atoms with Crippen LogP contribution in [0.2, 0.25) is 0 Å². The molecule has 1 fully saturated rings. The average molecular weight is 231 g/mol. The molecule has 0 bridgehead atoms. The van der Waals surface area contributed by atoms with Crippen molar-refractivity contribution in [1.29, 1.82) is 5.26 Å². The van der Waals surface area contributed by atoms with Gasteiger partial charge in [-0.2, -0.15) is 5.26 Å². The summed E-state index contributed by atoms with van der Waals surface area (Å²) in [6.45, 7) is 3.01. The summed E-state index contributed by atoms with van der Waals surface area (Å²) >= 11 is 0. The van der Waals surface area contributed by atoms with E-state index in [4.69, 9.17) is 11.0 Å². The van der Waals surface area contributed by atoms with E-state index in [-0.39, 0.29) is 5.91 Å². The van der Waals surface area contributed by atoms with Crippen LogP contribution < -0.4 is 10.6 Å². The Hall–Kier alpha value is -2.16. The van der Waals surface area contributed by atoms with Gasteiger partial charge in [-0.15, -0.1) is 0 Å². The minimum Gasteiger partial charge on any atom is -0.369 e. The SMILES string of the molecule is CC1(C(N)=O)CCN(c2nccc(C#N)n2)C1. The van der Waals surface area contributed by atoms with Gasteiger partial charge in [-0.25, -0.2) is 9.97 Å². The van der Waals surface area contributed by atoms with Crippen LogP contribution in [0.1, 0.15) is 19.0 Å². The molecule has 6 heteroatoms. The molecule has 0 aliphatic carbocycles. The fourth-order valence-corrected chi connectivity index (χ4v) is 1.90. The maximum Gasteiger partial charge on any atom is 0.226 e. The zero-order valence-electron chi connectivity index (χ0n) is 9.55. The molecule has 0 aromatic carbocycles. The third kappa shape index (κ3) is 2.04. The minimum absolute atomic E-state index is 0.309. The molecule has 17 heavy (non-hydrogen) atoms. The summed E-state index contributed by atoms with van der Waals surface area (Å²) in [6.07, 6.45) is 2.23. The first-order chi connectivity index (χ1) is 8.05. The van der Waals surface area contributed by atoms with Gasteiger partial charge in [-0.3, -0.25) is 4.79 Å². The number of rotatable bonds is 2. The molecule has 1 amide bonds. The lowest BCUT2D eigenvalue weighted by molar-refractivity contribution is -0.125. The highest BCUT2D eigenvalue weighted by molar-refractivity contribution is 5.81. The number of carbonyl (C=O) groups excluding carboxylic acids is 1. The Bertz CT molecular complexity index is 495. The lowest BCUT2D eigenvalue weighted by Crippen LogP contribution is -2.37. The van der Waals surface area contributed by atoms with E-state index in [2.05, 4.69) is 9.97 Å². The van der Waals surface area contributed by atoms with Gasteiger partial charge in [0.25, 0.3) is 0 Å². The van der Waals surface area contributed by atoms with Crippen LogP contribution in [0.5, 0.6) is 0 Å². The van der Waals surface area contributed by atoms with Crippen LogP contribution in [-0.4, -0.2) is 29.0 Å². The number of nitrogens with zero attached hydrogens (tertiary/aromatic N) is 4. The summed E-state index contributed by atoms with van der Waals surface area (Å²) < 4.78 is 0. The summed E-state index contributed by atoms with van der Waals surface area (Å²) in [4.78, 5) is 21.4. The van der Waals surface area contributed by atoms with Crippen molar-refractivity contribution >= 4 is 11.9 Å². The maximum atomic E-state index is 11.3. The smallest absolute Gasteiger partial charge is 0.226 e. The van der Waals surface area contributed by atoms with Crippen LogP contribution in [0.15, 0.2) is 12.3 Å². The number of nitriles is 1. The van der Waals surface area contributed by atoms with Gasteiger partial charge in [0.15, 0.2) is 0 Å². The molecule has 1 aromatic heterocycles. The molecule has 2 heterocycles. The lowest BCUT2D eigenvalue weighted by atomic mass is 9.89. The Kier molecular flexibility index (Phi) is 2.68. The van der Waals surface area contributed by atoms with E-state index < -0.39 is 5.41 Å². The van der Waals surface area contributed by atoms with Crippen LogP contribution >= 0.6 is 0 Å². The molecule has 2 N–H and O–H groups in total. The van der Waals surface area contributed by atoms with Crippen molar-refractivity contribution in [3.05, 3.63) is 18.0 Å². The highest BCUT2D eigenvalue weighted by Gasteiger charge is 2.39. The number of nitrogens with two attached hydrogens (primary N) is 1. The van der Waals surface area contributed by atoms with Gasteiger partial charge in [0.05, 0.1) is 5.41 Å². The zero-order chi connectivity index (χ0) is 12.5. The molecule has 1 aliphatic rings. The van der Waals surface area contributed by atoms with Crippen molar-refractivity contribution in [3.8, 4) is 6.07 Å². The largest absolute Gasteiger partial charge is 0.369 e. The van der Waals surface area contributed by atoms with Crippen LogP contribution in [-0.2, 0) is 4.79 Å².